The van der Waals surface area contributed by atoms with E-state index in [0.717, 1.165) is 16.3 Å². The largest absolute Gasteiger partial charge is 0.496 e. The van der Waals surface area contributed by atoms with E-state index >= 15 is 0 Å². The summed E-state index contributed by atoms with van der Waals surface area (Å²) in [6.07, 6.45) is 3.18. The highest BCUT2D eigenvalue weighted by molar-refractivity contribution is 7.85. The average Bonchev–Trinajstić information content (AvgIpc) is 3.15. The third-order valence-corrected chi connectivity index (χ3v) is 9.04. The Morgan fingerprint density at radius 3 is 2.27 bits per heavy atom. The number of aromatic nitrogens is 1. The first-order valence-corrected chi connectivity index (χ1v) is 19.0. The summed E-state index contributed by atoms with van der Waals surface area (Å²) in [5.74, 6) is 0.545. The number of hydrogen-bond donors (Lipinski definition) is 7. The summed E-state index contributed by atoms with van der Waals surface area (Å²) in [6.45, 7) is 6.21. The average molecular weight is 784 g/mol. The number of nitrogens with two attached hydrogens (primary N) is 1. The highest BCUT2D eigenvalue weighted by atomic mass is 32.2. The molecular formula is C40H45N7O8S. The SMILES string of the molecule is COc1cc(Nc2cc(Oc3ccc(NC(=O)Nc4cc(C(C)(C)C)cc(NS(C)=O)c4OC)c4ccccc34)ccn2)ccc1C(=O)NCCC(N)C(=O)O. The molecule has 0 aliphatic heterocycles. The fourth-order valence-corrected chi connectivity index (χ4v) is 6.15. The molecule has 56 heavy (non-hydrogen) atoms. The van der Waals surface area contributed by atoms with Crippen molar-refractivity contribution in [2.45, 2.75) is 38.6 Å². The Hall–Kier alpha value is -6.39. The van der Waals surface area contributed by atoms with E-state index < -0.39 is 34.9 Å². The predicted molar refractivity (Wildman–Crippen MR) is 219 cm³/mol. The van der Waals surface area contributed by atoms with Crippen LogP contribution in [-0.2, 0) is 21.2 Å². The number of carbonyl (C=O) groups is 3. The number of carboxylic acids is 1. The monoisotopic (exact) mass is 783 g/mol. The number of ether oxygens (including phenoxy) is 3. The van der Waals surface area contributed by atoms with Crippen molar-refractivity contribution >= 4 is 68.2 Å². The van der Waals surface area contributed by atoms with Gasteiger partial charge < -0.3 is 51.0 Å². The molecule has 0 bridgehead atoms. The van der Waals surface area contributed by atoms with Crippen molar-refractivity contribution in [2.75, 3.05) is 47.7 Å². The number of nitrogens with zero attached hydrogens (tertiary/aromatic N) is 1. The molecule has 0 saturated heterocycles. The van der Waals surface area contributed by atoms with Crippen LogP contribution in [0.4, 0.5) is 33.4 Å². The number of aliphatic carboxylic acids is 1. The van der Waals surface area contributed by atoms with Crippen LogP contribution in [0.3, 0.4) is 0 Å². The first-order chi connectivity index (χ1) is 26.7. The third kappa shape index (κ3) is 10.2. The molecule has 2 unspecified atom stereocenters. The molecular weight excluding hydrogens is 739 g/mol. The normalized spacial score (nSPS) is 12.2. The second kappa shape index (κ2) is 17.8. The molecule has 0 saturated carbocycles. The van der Waals surface area contributed by atoms with Gasteiger partial charge in [-0.3, -0.25) is 9.59 Å². The maximum atomic E-state index is 13.5. The van der Waals surface area contributed by atoms with Crippen LogP contribution in [0.5, 0.6) is 23.0 Å². The number of pyridine rings is 1. The van der Waals surface area contributed by atoms with Crippen LogP contribution in [0.2, 0.25) is 0 Å². The fraction of sp³-hybridized carbons (Fsp3) is 0.250. The number of fused-ring (bicyclic) bond motifs is 1. The lowest BCUT2D eigenvalue weighted by molar-refractivity contribution is -0.138. The molecule has 5 rings (SSSR count). The van der Waals surface area contributed by atoms with E-state index in [-0.39, 0.29) is 23.9 Å². The summed E-state index contributed by atoms with van der Waals surface area (Å²) in [5.41, 5.74) is 8.44. The van der Waals surface area contributed by atoms with Crippen molar-refractivity contribution < 1.29 is 37.9 Å². The molecule has 15 nitrogen and oxygen atoms in total. The first kappa shape index (κ1) is 40.8. The molecule has 4 aromatic carbocycles. The Labute approximate surface area is 326 Å². The molecule has 0 aliphatic rings. The van der Waals surface area contributed by atoms with Gasteiger partial charge in [0.15, 0.2) is 5.75 Å². The van der Waals surface area contributed by atoms with Gasteiger partial charge in [0.2, 0.25) is 0 Å². The maximum Gasteiger partial charge on any atom is 0.323 e. The van der Waals surface area contributed by atoms with E-state index in [4.69, 9.17) is 25.1 Å². The molecule has 0 spiro atoms. The van der Waals surface area contributed by atoms with Crippen molar-refractivity contribution in [3.63, 3.8) is 0 Å². The second-order valence-corrected chi connectivity index (χ2v) is 14.8. The summed E-state index contributed by atoms with van der Waals surface area (Å²) >= 11 is 0. The number of anilines is 5. The lowest BCUT2D eigenvalue weighted by atomic mass is 9.86. The van der Waals surface area contributed by atoms with Crippen molar-refractivity contribution in [2.24, 2.45) is 5.73 Å². The van der Waals surface area contributed by atoms with Crippen LogP contribution in [0.1, 0.15) is 43.1 Å². The van der Waals surface area contributed by atoms with Crippen LogP contribution in [0.15, 0.2) is 85.1 Å². The lowest BCUT2D eigenvalue weighted by Crippen LogP contribution is -2.35. The lowest BCUT2D eigenvalue weighted by Gasteiger charge is -2.24. The van der Waals surface area contributed by atoms with E-state index in [1.807, 2.05) is 57.2 Å². The zero-order valence-corrected chi connectivity index (χ0v) is 32.6. The zero-order chi connectivity index (χ0) is 40.6. The van der Waals surface area contributed by atoms with Gasteiger partial charge in [-0.15, -0.1) is 0 Å². The van der Waals surface area contributed by atoms with Crippen LogP contribution in [0, 0.1) is 0 Å². The summed E-state index contributed by atoms with van der Waals surface area (Å²) < 4.78 is 32.4. The molecule has 1 aromatic heterocycles. The first-order valence-electron chi connectivity index (χ1n) is 17.4. The minimum atomic E-state index is -1.38. The van der Waals surface area contributed by atoms with E-state index in [1.165, 1.54) is 20.5 Å². The van der Waals surface area contributed by atoms with Gasteiger partial charge in [-0.05, 0) is 59.9 Å². The van der Waals surface area contributed by atoms with E-state index in [9.17, 15) is 18.6 Å². The van der Waals surface area contributed by atoms with Gasteiger partial charge in [-0.2, -0.15) is 0 Å². The van der Waals surface area contributed by atoms with E-state index in [0.29, 0.717) is 51.6 Å². The molecule has 16 heteroatoms. The van der Waals surface area contributed by atoms with Gasteiger partial charge >= 0.3 is 12.0 Å². The molecule has 0 fully saturated rings. The number of nitrogens with one attached hydrogen (secondary N) is 5. The Bertz CT molecular complexity index is 2280. The molecule has 3 amide bonds. The second-order valence-electron chi connectivity index (χ2n) is 13.7. The number of urea groups is 1. The summed E-state index contributed by atoms with van der Waals surface area (Å²) in [7, 11) is 1.55. The van der Waals surface area contributed by atoms with Gasteiger partial charge in [0.05, 0.1) is 36.8 Å². The highest BCUT2D eigenvalue weighted by Gasteiger charge is 2.22. The third-order valence-electron chi connectivity index (χ3n) is 8.53. The number of amides is 3. The van der Waals surface area contributed by atoms with E-state index in [2.05, 4.69) is 31.0 Å². The van der Waals surface area contributed by atoms with Crippen molar-refractivity contribution in [1.29, 1.82) is 0 Å². The van der Waals surface area contributed by atoms with Gasteiger partial charge in [0, 0.05) is 47.6 Å². The highest BCUT2D eigenvalue weighted by Crippen LogP contribution is 2.40. The number of carboxylic acid groups (broad SMARTS) is 1. The van der Waals surface area contributed by atoms with Gasteiger partial charge in [0.25, 0.3) is 5.91 Å². The van der Waals surface area contributed by atoms with Crippen molar-refractivity contribution in [3.8, 4) is 23.0 Å². The minimum Gasteiger partial charge on any atom is -0.496 e. The Morgan fingerprint density at radius 2 is 1.59 bits per heavy atom. The summed E-state index contributed by atoms with van der Waals surface area (Å²) in [6, 6.07) is 21.4. The number of hydrogen-bond acceptors (Lipinski definition) is 10. The summed E-state index contributed by atoms with van der Waals surface area (Å²) in [4.78, 5) is 41.6. The Balaban J connectivity index is 1.31. The number of carbonyl (C=O) groups excluding carboxylic acids is 2. The molecule has 1 heterocycles. The quantitative estimate of drug-likeness (QED) is 0.0576. The smallest absolute Gasteiger partial charge is 0.323 e. The van der Waals surface area contributed by atoms with Crippen LogP contribution in [0.25, 0.3) is 10.8 Å². The number of methoxy groups -OCH3 is 2. The number of benzene rings is 4. The molecule has 2 atom stereocenters. The standard InChI is InChI=1S/C40H45N7O8S/c1-40(2,3)23-19-31(36(54-5)32(20-23)47-56(6)52)46-39(51)45-30-13-14-33(27-10-8-7-9-26(27)30)55-25-15-17-42-35(22-25)44-24-11-12-28(34(21-24)53-4)37(48)43-18-16-29(41)38(49)50/h7-15,17,19-22,29,47H,16,18,41H2,1-6H3,(H,42,44)(H,43,48)(H,49,50)(H2,45,46,51). The predicted octanol–water partition coefficient (Wildman–Crippen LogP) is 6.97. The van der Waals surface area contributed by atoms with Crippen molar-refractivity contribution in [1.82, 2.24) is 10.3 Å². The van der Waals surface area contributed by atoms with E-state index in [1.54, 1.807) is 48.7 Å². The summed E-state index contributed by atoms with van der Waals surface area (Å²) in [5, 5.41) is 22.1. The molecule has 294 valence electrons. The molecule has 8 N–H and O–H groups in total. The Kier molecular flexibility index (Phi) is 13.0. The topological polar surface area (TPSA) is 215 Å². The molecule has 0 aliphatic carbocycles. The Morgan fingerprint density at radius 1 is 0.875 bits per heavy atom. The number of rotatable bonds is 15. The van der Waals surface area contributed by atoms with Gasteiger partial charge in [0.1, 0.15) is 40.1 Å². The minimum absolute atomic E-state index is 0.0783. The molecule has 0 radical (unpaired) electrons. The van der Waals surface area contributed by atoms with Gasteiger partial charge in [-0.25, -0.2) is 14.0 Å². The van der Waals surface area contributed by atoms with Crippen molar-refractivity contribution in [3.05, 3.63) is 96.2 Å². The maximum absolute atomic E-state index is 13.5. The fourth-order valence-electron chi connectivity index (χ4n) is 5.68. The van der Waals surface area contributed by atoms with Crippen LogP contribution >= 0.6 is 0 Å². The molecule has 5 aromatic rings. The van der Waals surface area contributed by atoms with Crippen LogP contribution in [-0.4, -0.2) is 65.3 Å². The van der Waals surface area contributed by atoms with Gasteiger partial charge in [-0.1, -0.05) is 45.0 Å². The zero-order valence-electron chi connectivity index (χ0n) is 31.8. The van der Waals surface area contributed by atoms with Crippen LogP contribution < -0.4 is 45.9 Å².